The molecule has 6 nitrogen and oxygen atoms in total. The fraction of sp³-hybridized carbons (Fsp3) is 0.588. The molecule has 1 atom stereocenters. The molecule has 0 radical (unpaired) electrons. The molecule has 1 aliphatic rings. The Kier molecular flexibility index (Phi) is 4.10. The average Bonchev–Trinajstić information content (AvgIpc) is 3.11. The number of hydrogen-bond acceptors (Lipinski definition) is 4. The molecule has 0 unspecified atom stereocenters. The summed E-state index contributed by atoms with van der Waals surface area (Å²) in [6.45, 7) is 8.64. The van der Waals surface area contributed by atoms with Crippen LogP contribution in [0, 0.1) is 5.41 Å². The van der Waals surface area contributed by atoms with Crippen LogP contribution in [0.3, 0.4) is 0 Å². The summed E-state index contributed by atoms with van der Waals surface area (Å²) in [6, 6.07) is 4.00. The fourth-order valence-corrected chi connectivity index (χ4v) is 3.26. The van der Waals surface area contributed by atoms with Gasteiger partial charge in [-0.25, -0.2) is 9.67 Å². The predicted molar refractivity (Wildman–Crippen MR) is 90.0 cm³/mol. The summed E-state index contributed by atoms with van der Waals surface area (Å²) in [7, 11) is 0. The number of carbonyl (C=O) groups excluding carboxylic acids is 1. The third-order valence-corrected chi connectivity index (χ3v) is 4.38. The number of rotatable bonds is 3. The Morgan fingerprint density at radius 1 is 1.43 bits per heavy atom. The zero-order valence-corrected chi connectivity index (χ0v) is 14.1. The normalized spacial score (nSPS) is 18.8. The van der Waals surface area contributed by atoms with Crippen LogP contribution in [0.4, 0.5) is 0 Å². The highest BCUT2D eigenvalue weighted by molar-refractivity contribution is 5.82. The van der Waals surface area contributed by atoms with Gasteiger partial charge in [-0.15, -0.1) is 0 Å². The van der Waals surface area contributed by atoms with Crippen LogP contribution in [0.2, 0.25) is 0 Å². The molecule has 2 aromatic rings. The lowest BCUT2D eigenvalue weighted by Gasteiger charge is -2.25. The average molecular weight is 315 g/mol. The van der Waals surface area contributed by atoms with Crippen molar-refractivity contribution in [2.45, 2.75) is 39.7 Å². The number of fused-ring (bicyclic) bond motifs is 1. The van der Waals surface area contributed by atoms with Crippen LogP contribution in [0.5, 0.6) is 0 Å². The second kappa shape index (κ2) is 5.92. The molecular formula is C17H25N5O. The van der Waals surface area contributed by atoms with Gasteiger partial charge in [-0.2, -0.15) is 5.10 Å². The molecule has 0 spiro atoms. The quantitative estimate of drug-likeness (QED) is 0.936. The molecule has 1 aliphatic heterocycles. The summed E-state index contributed by atoms with van der Waals surface area (Å²) < 4.78 is 1.89. The fourth-order valence-electron chi connectivity index (χ4n) is 3.26. The molecule has 2 aromatic heterocycles. The smallest absolute Gasteiger partial charge is 0.227 e. The Morgan fingerprint density at radius 2 is 2.22 bits per heavy atom. The molecule has 0 bridgehead atoms. The van der Waals surface area contributed by atoms with Gasteiger partial charge in [0.1, 0.15) is 0 Å². The summed E-state index contributed by atoms with van der Waals surface area (Å²) in [5.41, 5.74) is 7.28. The molecule has 23 heavy (non-hydrogen) atoms. The number of pyridine rings is 1. The summed E-state index contributed by atoms with van der Waals surface area (Å²) >= 11 is 0. The van der Waals surface area contributed by atoms with E-state index in [0.717, 1.165) is 36.2 Å². The molecular weight excluding hydrogens is 290 g/mol. The monoisotopic (exact) mass is 315 g/mol. The van der Waals surface area contributed by atoms with Crippen molar-refractivity contribution >= 4 is 16.9 Å². The van der Waals surface area contributed by atoms with Gasteiger partial charge < -0.3 is 10.6 Å². The number of amides is 1. The molecule has 3 rings (SSSR count). The van der Waals surface area contributed by atoms with E-state index in [1.807, 2.05) is 36.4 Å². The lowest BCUT2D eigenvalue weighted by atomic mass is 9.95. The van der Waals surface area contributed by atoms with Crippen molar-refractivity contribution in [3.05, 3.63) is 24.0 Å². The molecule has 1 fully saturated rings. The van der Waals surface area contributed by atoms with Crippen molar-refractivity contribution < 1.29 is 4.79 Å². The van der Waals surface area contributed by atoms with Gasteiger partial charge in [-0.1, -0.05) is 20.8 Å². The van der Waals surface area contributed by atoms with E-state index in [1.165, 1.54) is 0 Å². The van der Waals surface area contributed by atoms with E-state index in [0.29, 0.717) is 13.1 Å². The van der Waals surface area contributed by atoms with Gasteiger partial charge in [0.15, 0.2) is 5.65 Å². The minimum Gasteiger partial charge on any atom is -0.342 e. The van der Waals surface area contributed by atoms with Crippen molar-refractivity contribution in [3.8, 4) is 0 Å². The Balaban J connectivity index is 1.89. The topological polar surface area (TPSA) is 77.0 Å². The molecule has 2 N–H and O–H groups in total. The van der Waals surface area contributed by atoms with Crippen molar-refractivity contribution in [2.24, 2.45) is 11.1 Å². The second-order valence-electron chi connectivity index (χ2n) is 7.26. The van der Waals surface area contributed by atoms with E-state index in [1.54, 1.807) is 6.20 Å². The number of nitrogens with zero attached hydrogens (tertiary/aromatic N) is 4. The first-order valence-corrected chi connectivity index (χ1v) is 8.22. The van der Waals surface area contributed by atoms with Gasteiger partial charge in [-0.3, -0.25) is 4.79 Å². The number of aromatic nitrogens is 3. The highest BCUT2D eigenvalue weighted by Gasteiger charge is 2.35. The largest absolute Gasteiger partial charge is 0.342 e. The van der Waals surface area contributed by atoms with E-state index in [4.69, 9.17) is 10.8 Å². The van der Waals surface area contributed by atoms with Crippen LogP contribution in [0.25, 0.3) is 11.0 Å². The molecule has 3 heterocycles. The second-order valence-corrected chi connectivity index (χ2v) is 7.26. The summed E-state index contributed by atoms with van der Waals surface area (Å²) in [5, 5.41) is 5.83. The maximum absolute atomic E-state index is 12.5. The van der Waals surface area contributed by atoms with Crippen LogP contribution in [-0.2, 0) is 11.3 Å². The Hall–Kier alpha value is -1.95. The third kappa shape index (κ3) is 2.95. The Bertz CT molecular complexity index is 715. The number of nitrogens with two attached hydrogens (primary N) is 1. The third-order valence-electron chi connectivity index (χ3n) is 4.38. The van der Waals surface area contributed by atoms with Gasteiger partial charge >= 0.3 is 0 Å². The van der Waals surface area contributed by atoms with Gasteiger partial charge in [-0.05, 0) is 18.6 Å². The van der Waals surface area contributed by atoms with Crippen molar-refractivity contribution in [1.29, 1.82) is 0 Å². The summed E-state index contributed by atoms with van der Waals surface area (Å²) in [4.78, 5) is 18.9. The zero-order valence-electron chi connectivity index (χ0n) is 14.1. The SMILES string of the molecule is CC(C)(C)C(=O)N1CC[C@@H](c2nn(CCN)c3ncccc23)C1. The van der Waals surface area contributed by atoms with E-state index >= 15 is 0 Å². The van der Waals surface area contributed by atoms with E-state index in [9.17, 15) is 4.79 Å². The minimum atomic E-state index is -0.336. The van der Waals surface area contributed by atoms with Crippen LogP contribution in [0.15, 0.2) is 18.3 Å². The van der Waals surface area contributed by atoms with E-state index in [2.05, 4.69) is 11.1 Å². The Morgan fingerprint density at radius 3 is 2.91 bits per heavy atom. The maximum Gasteiger partial charge on any atom is 0.227 e. The van der Waals surface area contributed by atoms with Crippen LogP contribution in [0.1, 0.15) is 38.8 Å². The van der Waals surface area contributed by atoms with Crippen LogP contribution >= 0.6 is 0 Å². The maximum atomic E-state index is 12.5. The lowest BCUT2D eigenvalue weighted by Crippen LogP contribution is -2.37. The zero-order chi connectivity index (χ0) is 16.6. The van der Waals surface area contributed by atoms with Gasteiger partial charge in [0.2, 0.25) is 5.91 Å². The van der Waals surface area contributed by atoms with Crippen LogP contribution < -0.4 is 5.73 Å². The predicted octanol–water partition coefficient (Wildman–Crippen LogP) is 1.75. The molecule has 124 valence electrons. The van der Waals surface area contributed by atoms with Crippen LogP contribution in [-0.4, -0.2) is 45.2 Å². The highest BCUT2D eigenvalue weighted by Crippen LogP contribution is 2.33. The molecule has 1 saturated heterocycles. The Labute approximate surface area is 136 Å². The molecule has 0 aliphatic carbocycles. The minimum absolute atomic E-state index is 0.212. The van der Waals surface area contributed by atoms with Gasteiger partial charge in [0.05, 0.1) is 12.2 Å². The number of hydrogen-bond donors (Lipinski definition) is 1. The first kappa shape index (κ1) is 15.9. The van der Waals surface area contributed by atoms with Gasteiger partial charge in [0.25, 0.3) is 0 Å². The van der Waals surface area contributed by atoms with Gasteiger partial charge in [0, 0.05) is 42.6 Å². The summed E-state index contributed by atoms with van der Waals surface area (Å²) in [6.07, 6.45) is 2.73. The molecule has 0 aromatic carbocycles. The molecule has 6 heteroatoms. The summed E-state index contributed by atoms with van der Waals surface area (Å²) in [5.74, 6) is 0.482. The first-order chi connectivity index (χ1) is 10.9. The molecule has 0 saturated carbocycles. The van der Waals surface area contributed by atoms with Crippen molar-refractivity contribution in [2.75, 3.05) is 19.6 Å². The number of likely N-dealkylation sites (tertiary alicyclic amines) is 1. The van der Waals surface area contributed by atoms with Crippen molar-refractivity contribution in [1.82, 2.24) is 19.7 Å². The number of carbonyl (C=O) groups is 1. The van der Waals surface area contributed by atoms with E-state index < -0.39 is 0 Å². The standard InChI is InChI=1S/C17H25N5O/c1-17(2,3)16(23)21-9-6-12(11-21)14-13-5-4-8-19-15(13)22(20-14)10-7-18/h4-5,8,12H,6-7,9-11,18H2,1-3H3/t12-/m1/s1. The first-order valence-electron chi connectivity index (χ1n) is 8.22. The van der Waals surface area contributed by atoms with E-state index in [-0.39, 0.29) is 17.2 Å². The molecule has 1 amide bonds. The lowest BCUT2D eigenvalue weighted by molar-refractivity contribution is -0.138. The highest BCUT2D eigenvalue weighted by atomic mass is 16.2. The van der Waals surface area contributed by atoms with Crippen molar-refractivity contribution in [3.63, 3.8) is 0 Å².